The van der Waals surface area contributed by atoms with Crippen LogP contribution in [0.3, 0.4) is 0 Å². The number of carbonyl (C=O) groups is 1. The van der Waals surface area contributed by atoms with Crippen molar-refractivity contribution in [2.75, 3.05) is 49.8 Å². The van der Waals surface area contributed by atoms with Crippen molar-refractivity contribution in [3.63, 3.8) is 0 Å². The molecule has 0 fully saturated rings. The van der Waals surface area contributed by atoms with E-state index in [9.17, 15) is 18.0 Å². The van der Waals surface area contributed by atoms with Crippen molar-refractivity contribution in [1.82, 2.24) is 0 Å². The van der Waals surface area contributed by atoms with Gasteiger partial charge in [0.2, 0.25) is 0 Å². The number of methoxy groups -OCH3 is 7. The Balaban J connectivity index is 0.000000507. The predicted molar refractivity (Wildman–Crippen MR) is 145 cm³/mol. The van der Waals surface area contributed by atoms with Crippen LogP contribution in [-0.4, -0.2) is 61.9 Å². The van der Waals surface area contributed by atoms with Gasteiger partial charge in [-0.05, 0) is 59.4 Å². The number of carbonyl (C=O) groups excluding carboxylic acids is 1. The summed E-state index contributed by atoms with van der Waals surface area (Å²) in [4.78, 5) is 9.49. The first-order valence-electron chi connectivity index (χ1n) is 12.4. The number of alkyl halides is 3. The molecule has 11 heteroatoms. The fourth-order valence-corrected chi connectivity index (χ4v) is 4.94. The Morgan fingerprint density at radius 3 is 1.68 bits per heavy atom. The molecule has 0 spiro atoms. The molecule has 0 bridgehead atoms. The van der Waals surface area contributed by atoms with Gasteiger partial charge in [-0.1, -0.05) is 6.07 Å². The molecule has 41 heavy (non-hydrogen) atoms. The second-order valence-corrected chi connectivity index (χ2v) is 8.94. The summed E-state index contributed by atoms with van der Waals surface area (Å²) in [7, 11) is 10.7. The van der Waals surface area contributed by atoms with E-state index in [2.05, 4.69) is 29.0 Å². The molecular weight excluding hydrogens is 545 g/mol. The van der Waals surface area contributed by atoms with Crippen molar-refractivity contribution in [2.24, 2.45) is 0 Å². The molecule has 4 rings (SSSR count). The zero-order chi connectivity index (χ0) is 30.3. The Morgan fingerprint density at radius 2 is 1.22 bits per heavy atom. The van der Waals surface area contributed by atoms with Gasteiger partial charge in [-0.2, -0.15) is 13.2 Å². The zero-order valence-electron chi connectivity index (χ0n) is 23.9. The molecule has 0 radical (unpaired) electrons. The van der Waals surface area contributed by atoms with Crippen molar-refractivity contribution in [1.29, 1.82) is 0 Å². The molecule has 0 saturated carbocycles. The normalized spacial score (nSPS) is 15.6. The molecule has 222 valence electrons. The monoisotopic (exact) mass is 578 g/mol. The third-order valence-electron chi connectivity index (χ3n) is 6.80. The van der Waals surface area contributed by atoms with Crippen LogP contribution < -0.4 is 28.4 Å². The number of hydrogen-bond acceptors (Lipinski definition) is 8. The first-order valence-corrected chi connectivity index (χ1v) is 12.4. The third kappa shape index (κ3) is 6.90. The molecule has 0 N–H and O–H groups in total. The highest BCUT2D eigenvalue weighted by molar-refractivity contribution is 5.75. The fourth-order valence-electron chi connectivity index (χ4n) is 4.94. The number of esters is 1. The maximum Gasteiger partial charge on any atom is 0.490 e. The second kappa shape index (κ2) is 13.4. The van der Waals surface area contributed by atoms with E-state index in [4.69, 9.17) is 28.4 Å². The number of benzene rings is 3. The number of rotatable bonds is 8. The first-order chi connectivity index (χ1) is 19.5. The smallest absolute Gasteiger partial charge is 0.490 e. The molecule has 3 aromatic carbocycles. The van der Waals surface area contributed by atoms with Crippen molar-refractivity contribution in [3.8, 4) is 34.5 Å². The third-order valence-corrected chi connectivity index (χ3v) is 6.80. The van der Waals surface area contributed by atoms with Crippen LogP contribution in [0.4, 0.5) is 13.2 Å². The topological polar surface area (TPSA) is 81.7 Å². The second-order valence-electron chi connectivity index (χ2n) is 8.94. The highest BCUT2D eigenvalue weighted by Crippen LogP contribution is 2.53. The summed E-state index contributed by atoms with van der Waals surface area (Å²) < 4.78 is 69.9. The van der Waals surface area contributed by atoms with Gasteiger partial charge in [0.15, 0.2) is 11.5 Å². The van der Waals surface area contributed by atoms with Crippen LogP contribution in [0, 0.1) is 0 Å². The lowest BCUT2D eigenvalue weighted by atomic mass is 9.81. The minimum atomic E-state index is -4.85. The lowest BCUT2D eigenvalue weighted by Crippen LogP contribution is -2.23. The van der Waals surface area contributed by atoms with E-state index < -0.39 is 12.1 Å². The van der Waals surface area contributed by atoms with Crippen LogP contribution in [0.5, 0.6) is 34.5 Å². The Kier molecular flexibility index (Phi) is 10.2. The Hall–Kier alpha value is -4.28. The average Bonchev–Trinajstić information content (AvgIpc) is 3.38. The lowest BCUT2D eigenvalue weighted by molar-refractivity contribution is -0.196. The molecule has 0 aromatic heterocycles. The summed E-state index contributed by atoms with van der Waals surface area (Å²) in [5.74, 6) is 2.48. The fraction of sp³-hybridized carbons (Fsp3) is 0.367. The number of fused-ring (bicyclic) bond motifs is 1. The van der Waals surface area contributed by atoms with Gasteiger partial charge in [0.1, 0.15) is 23.0 Å². The average molecular weight is 579 g/mol. The molecular formula is C30H33F3O8. The van der Waals surface area contributed by atoms with Gasteiger partial charge in [-0.15, -0.1) is 0 Å². The van der Waals surface area contributed by atoms with Crippen molar-refractivity contribution >= 4 is 5.97 Å². The number of hydrogen-bond donors (Lipinski definition) is 0. The maximum absolute atomic E-state index is 11.0. The summed E-state index contributed by atoms with van der Waals surface area (Å²) in [5.41, 5.74) is 4.58. The van der Waals surface area contributed by atoms with Gasteiger partial charge in [0, 0.05) is 23.6 Å². The highest BCUT2D eigenvalue weighted by atomic mass is 19.4. The van der Waals surface area contributed by atoms with Gasteiger partial charge < -0.3 is 33.2 Å². The molecule has 3 aromatic rings. The Bertz CT molecular complexity index is 1330. The number of halogens is 3. The van der Waals surface area contributed by atoms with Crippen LogP contribution in [0.1, 0.15) is 34.1 Å². The van der Waals surface area contributed by atoms with Crippen LogP contribution in [0.2, 0.25) is 0 Å². The minimum Gasteiger partial charge on any atom is -0.497 e. The highest BCUT2D eigenvalue weighted by Gasteiger charge is 2.40. The van der Waals surface area contributed by atoms with Crippen molar-refractivity contribution in [3.05, 3.63) is 70.8 Å². The predicted octanol–water partition coefficient (Wildman–Crippen LogP) is 5.93. The molecule has 1 aliphatic carbocycles. The molecule has 0 amide bonds. The summed E-state index contributed by atoms with van der Waals surface area (Å²) in [6.45, 7) is 0. The Labute approximate surface area is 236 Å². The molecule has 0 saturated heterocycles. The van der Waals surface area contributed by atoms with E-state index in [0.717, 1.165) is 46.1 Å². The van der Waals surface area contributed by atoms with Crippen LogP contribution in [0.25, 0.3) is 0 Å². The Morgan fingerprint density at radius 1 is 0.659 bits per heavy atom. The van der Waals surface area contributed by atoms with Crippen LogP contribution in [-0.2, 0) is 16.0 Å². The summed E-state index contributed by atoms with van der Waals surface area (Å²) in [6, 6.07) is 16.2. The van der Waals surface area contributed by atoms with Crippen LogP contribution >= 0.6 is 0 Å². The van der Waals surface area contributed by atoms with Crippen LogP contribution in [0.15, 0.2) is 48.5 Å². The lowest BCUT2D eigenvalue weighted by Gasteiger charge is -2.24. The largest absolute Gasteiger partial charge is 0.497 e. The van der Waals surface area contributed by atoms with Gasteiger partial charge in [0.25, 0.3) is 0 Å². The molecule has 2 atom stereocenters. The molecule has 1 aliphatic rings. The van der Waals surface area contributed by atoms with Gasteiger partial charge in [-0.3, -0.25) is 0 Å². The van der Waals surface area contributed by atoms with E-state index in [1.165, 1.54) is 5.56 Å². The standard InChI is InChI=1S/C27H30O6.C3H3F3O2/c1-28-19-9-17(10-20(14-19)29-2)22-12-18-11-21(30-3)15-25(33-6)27(18)26(22)16-7-8-23(31-4)24(13-16)32-5;1-8-2(7)3(4,5)6/h7-11,13-15,22,26H,12H2,1-6H3;1H3/t22-,26-;/m1./s1. The summed E-state index contributed by atoms with van der Waals surface area (Å²) >= 11 is 0. The quantitative estimate of drug-likeness (QED) is 0.304. The SMILES string of the molecule is COC(=O)C(F)(F)F.COc1cc(OC)cc([C@H]2Cc3cc(OC)cc(OC)c3[C@@H]2c2ccc(OC)c(OC)c2)c1. The van der Waals surface area contributed by atoms with Gasteiger partial charge >= 0.3 is 12.1 Å². The molecule has 0 aliphatic heterocycles. The number of ether oxygens (including phenoxy) is 7. The van der Waals surface area contributed by atoms with E-state index in [1.54, 1.807) is 42.7 Å². The molecule has 0 unspecified atom stereocenters. The van der Waals surface area contributed by atoms with E-state index in [-0.39, 0.29) is 11.8 Å². The van der Waals surface area contributed by atoms with E-state index >= 15 is 0 Å². The van der Waals surface area contributed by atoms with Gasteiger partial charge in [-0.25, -0.2) is 4.79 Å². The van der Waals surface area contributed by atoms with Crippen molar-refractivity contribution in [2.45, 2.75) is 24.4 Å². The summed E-state index contributed by atoms with van der Waals surface area (Å²) in [5, 5.41) is 0. The molecule has 8 nitrogen and oxygen atoms in total. The van der Waals surface area contributed by atoms with Gasteiger partial charge in [0.05, 0.1) is 49.8 Å². The first kappa shape index (κ1) is 31.3. The minimum absolute atomic E-state index is 0.0254. The van der Waals surface area contributed by atoms with E-state index in [1.807, 2.05) is 24.3 Å². The molecule has 0 heterocycles. The summed E-state index contributed by atoms with van der Waals surface area (Å²) in [6.07, 6.45) is -4.03. The van der Waals surface area contributed by atoms with E-state index in [0.29, 0.717) is 18.6 Å². The maximum atomic E-state index is 11.0. The zero-order valence-corrected chi connectivity index (χ0v) is 23.9. The van der Waals surface area contributed by atoms with Crippen molar-refractivity contribution < 1.29 is 51.1 Å².